The fraction of sp³-hybridized carbons (Fsp3) is 0.348. The van der Waals surface area contributed by atoms with Crippen LogP contribution in [-0.2, 0) is 17.6 Å². The second-order valence-corrected chi connectivity index (χ2v) is 7.53. The van der Waals surface area contributed by atoms with Crippen molar-refractivity contribution >= 4 is 16.8 Å². The summed E-state index contributed by atoms with van der Waals surface area (Å²) in [4.78, 5) is 18.1. The number of carbonyl (C=O) groups is 1. The molecule has 0 radical (unpaired) electrons. The minimum Gasteiger partial charge on any atom is -0.361 e. The molecule has 3 aromatic rings. The number of carbonyl (C=O) groups excluding carboxylic acids is 1. The lowest BCUT2D eigenvalue weighted by molar-refractivity contribution is -0.136. The number of fused-ring (bicyclic) bond motifs is 1. The van der Waals surface area contributed by atoms with Gasteiger partial charge >= 0.3 is 0 Å². The van der Waals surface area contributed by atoms with Crippen molar-refractivity contribution in [3.05, 3.63) is 71.9 Å². The van der Waals surface area contributed by atoms with Gasteiger partial charge in [-0.05, 0) is 48.8 Å². The first-order valence-electron chi connectivity index (χ1n) is 9.86. The van der Waals surface area contributed by atoms with Crippen LogP contribution in [0.4, 0.5) is 0 Å². The zero-order valence-electron chi connectivity index (χ0n) is 15.6. The standard InChI is InChI=1S/C23H27N3O/c24-23-18(15-17-7-2-1-3-8-17)9-6-14-26(23)22(27)13-12-19-16-25-21-11-5-4-10-20(19)21/h1-5,7-8,10-11,16,18,23,25H,6,9,12-15,24H2/t18-,23+/m0/s1. The first-order valence-corrected chi connectivity index (χ1v) is 9.86. The number of aryl methyl sites for hydroxylation is 1. The number of hydrogen-bond donors (Lipinski definition) is 2. The quantitative estimate of drug-likeness (QED) is 0.725. The van der Waals surface area contributed by atoms with E-state index in [4.69, 9.17) is 5.73 Å². The molecule has 0 saturated carbocycles. The maximum Gasteiger partial charge on any atom is 0.224 e. The lowest BCUT2D eigenvalue weighted by Gasteiger charge is -2.39. The number of piperidine rings is 1. The van der Waals surface area contributed by atoms with E-state index in [0.717, 1.165) is 37.7 Å². The van der Waals surface area contributed by atoms with Crippen molar-refractivity contribution in [2.24, 2.45) is 11.7 Å². The molecule has 0 unspecified atom stereocenters. The minimum absolute atomic E-state index is 0.172. The smallest absolute Gasteiger partial charge is 0.224 e. The van der Waals surface area contributed by atoms with Gasteiger partial charge in [-0.2, -0.15) is 0 Å². The SMILES string of the molecule is N[C@H]1[C@H](Cc2ccccc2)CCCN1C(=O)CCc1c[nH]c2ccccc12. The number of amides is 1. The van der Waals surface area contributed by atoms with E-state index in [-0.39, 0.29) is 12.1 Å². The van der Waals surface area contributed by atoms with Crippen LogP contribution in [0, 0.1) is 5.92 Å². The fourth-order valence-electron chi connectivity index (χ4n) is 4.25. The van der Waals surface area contributed by atoms with Crippen molar-refractivity contribution < 1.29 is 4.79 Å². The first kappa shape index (κ1) is 17.8. The Hall–Kier alpha value is -2.59. The molecule has 1 aliphatic rings. The summed E-state index contributed by atoms with van der Waals surface area (Å²) in [6.45, 7) is 0.777. The summed E-state index contributed by atoms with van der Waals surface area (Å²) >= 11 is 0. The maximum atomic E-state index is 12.9. The lowest BCUT2D eigenvalue weighted by atomic mass is 9.88. The van der Waals surface area contributed by atoms with Crippen molar-refractivity contribution in [1.29, 1.82) is 0 Å². The zero-order chi connectivity index (χ0) is 18.6. The molecule has 2 heterocycles. The Balaban J connectivity index is 1.39. The largest absolute Gasteiger partial charge is 0.361 e. The minimum atomic E-state index is -0.186. The summed E-state index contributed by atoms with van der Waals surface area (Å²) < 4.78 is 0. The Bertz CT molecular complexity index is 902. The summed E-state index contributed by atoms with van der Waals surface area (Å²) in [5.74, 6) is 0.503. The van der Waals surface area contributed by atoms with E-state index >= 15 is 0 Å². The Morgan fingerprint density at radius 2 is 1.89 bits per heavy atom. The van der Waals surface area contributed by atoms with Gasteiger partial charge in [0, 0.05) is 30.1 Å². The van der Waals surface area contributed by atoms with E-state index in [1.807, 2.05) is 29.3 Å². The maximum absolute atomic E-state index is 12.9. The van der Waals surface area contributed by atoms with E-state index in [1.54, 1.807) is 0 Å². The summed E-state index contributed by atoms with van der Waals surface area (Å²) in [5.41, 5.74) is 10.1. The predicted octanol–water partition coefficient (Wildman–Crippen LogP) is 3.87. The molecule has 140 valence electrons. The van der Waals surface area contributed by atoms with Crippen molar-refractivity contribution in [1.82, 2.24) is 9.88 Å². The zero-order valence-corrected chi connectivity index (χ0v) is 15.6. The second-order valence-electron chi connectivity index (χ2n) is 7.53. The fourth-order valence-corrected chi connectivity index (χ4v) is 4.25. The lowest BCUT2D eigenvalue weighted by Crippen LogP contribution is -2.54. The summed E-state index contributed by atoms with van der Waals surface area (Å²) in [6, 6.07) is 18.7. The van der Waals surface area contributed by atoms with Crippen molar-refractivity contribution in [3.63, 3.8) is 0 Å². The topological polar surface area (TPSA) is 62.1 Å². The van der Waals surface area contributed by atoms with E-state index in [9.17, 15) is 4.79 Å². The van der Waals surface area contributed by atoms with Gasteiger partial charge in [-0.25, -0.2) is 0 Å². The van der Waals surface area contributed by atoms with E-state index in [2.05, 4.69) is 41.4 Å². The van der Waals surface area contributed by atoms with Crippen molar-refractivity contribution in [2.45, 2.75) is 38.3 Å². The third-order valence-corrected chi connectivity index (χ3v) is 5.76. The van der Waals surface area contributed by atoms with Gasteiger partial charge in [0.25, 0.3) is 0 Å². The summed E-state index contributed by atoms with van der Waals surface area (Å²) in [6.07, 6.45) is 6.14. The number of benzene rings is 2. The number of para-hydroxylation sites is 1. The Labute approximate surface area is 160 Å². The number of aromatic amines is 1. The highest BCUT2D eigenvalue weighted by Gasteiger charge is 2.31. The van der Waals surface area contributed by atoms with Gasteiger partial charge in [-0.3, -0.25) is 4.79 Å². The molecule has 1 amide bonds. The molecular formula is C23H27N3O. The highest BCUT2D eigenvalue weighted by Crippen LogP contribution is 2.26. The monoisotopic (exact) mass is 361 g/mol. The van der Waals surface area contributed by atoms with Crippen LogP contribution >= 0.6 is 0 Å². The van der Waals surface area contributed by atoms with Gasteiger partial charge < -0.3 is 15.6 Å². The number of nitrogens with two attached hydrogens (primary N) is 1. The Kier molecular flexibility index (Phi) is 5.26. The number of nitrogens with one attached hydrogen (secondary N) is 1. The molecule has 3 N–H and O–H groups in total. The number of rotatable bonds is 5. The second kappa shape index (κ2) is 7.97. The third kappa shape index (κ3) is 3.91. The van der Waals surface area contributed by atoms with Crippen molar-refractivity contribution in [3.8, 4) is 0 Å². The average molecular weight is 361 g/mol. The summed E-state index contributed by atoms with van der Waals surface area (Å²) in [7, 11) is 0. The molecule has 0 aliphatic carbocycles. The van der Waals surface area contributed by atoms with E-state index < -0.39 is 0 Å². The molecule has 1 aliphatic heterocycles. The average Bonchev–Trinajstić information content (AvgIpc) is 3.12. The molecule has 1 fully saturated rings. The first-order chi connectivity index (χ1) is 13.2. The third-order valence-electron chi connectivity index (χ3n) is 5.76. The van der Waals surface area contributed by atoms with Crippen LogP contribution in [0.1, 0.15) is 30.4 Å². The van der Waals surface area contributed by atoms with Crippen LogP contribution < -0.4 is 5.73 Å². The number of likely N-dealkylation sites (tertiary alicyclic amines) is 1. The Morgan fingerprint density at radius 1 is 1.11 bits per heavy atom. The molecule has 4 heteroatoms. The highest BCUT2D eigenvalue weighted by molar-refractivity contribution is 5.84. The molecule has 2 atom stereocenters. The van der Waals surface area contributed by atoms with E-state index in [0.29, 0.717) is 12.3 Å². The highest BCUT2D eigenvalue weighted by atomic mass is 16.2. The van der Waals surface area contributed by atoms with Crippen LogP contribution in [0.5, 0.6) is 0 Å². The number of aromatic nitrogens is 1. The molecule has 27 heavy (non-hydrogen) atoms. The molecule has 1 aromatic heterocycles. The Morgan fingerprint density at radius 3 is 2.74 bits per heavy atom. The van der Waals surface area contributed by atoms with Gasteiger partial charge in [0.05, 0.1) is 6.17 Å². The molecule has 0 bridgehead atoms. The molecule has 4 nitrogen and oxygen atoms in total. The van der Waals surface area contributed by atoms with Crippen LogP contribution in [0.3, 0.4) is 0 Å². The van der Waals surface area contributed by atoms with E-state index in [1.165, 1.54) is 16.5 Å². The molecule has 2 aromatic carbocycles. The van der Waals surface area contributed by atoms with Crippen molar-refractivity contribution in [2.75, 3.05) is 6.54 Å². The van der Waals surface area contributed by atoms with Crippen LogP contribution in [0.15, 0.2) is 60.8 Å². The van der Waals surface area contributed by atoms with Gasteiger partial charge in [-0.15, -0.1) is 0 Å². The predicted molar refractivity (Wildman–Crippen MR) is 109 cm³/mol. The molecule has 1 saturated heterocycles. The van der Waals surface area contributed by atoms with Gasteiger partial charge in [0.2, 0.25) is 5.91 Å². The molecular weight excluding hydrogens is 334 g/mol. The number of hydrogen-bond acceptors (Lipinski definition) is 2. The van der Waals surface area contributed by atoms with Crippen LogP contribution in [0.25, 0.3) is 10.9 Å². The van der Waals surface area contributed by atoms with Gasteiger partial charge in [0.15, 0.2) is 0 Å². The van der Waals surface area contributed by atoms with Gasteiger partial charge in [0.1, 0.15) is 0 Å². The van der Waals surface area contributed by atoms with Gasteiger partial charge in [-0.1, -0.05) is 48.5 Å². The number of H-pyrrole nitrogens is 1. The molecule has 0 spiro atoms. The molecule has 4 rings (SSSR count). The summed E-state index contributed by atoms with van der Waals surface area (Å²) in [5, 5.41) is 1.20. The normalized spacial score (nSPS) is 20.1. The number of nitrogens with zero attached hydrogens (tertiary/aromatic N) is 1. The van der Waals surface area contributed by atoms with Crippen LogP contribution in [0.2, 0.25) is 0 Å². The van der Waals surface area contributed by atoms with Crippen LogP contribution in [-0.4, -0.2) is 28.5 Å².